The monoisotopic (exact) mass is 500 g/mol. The van der Waals surface area contributed by atoms with E-state index in [-0.39, 0.29) is 17.9 Å². The fraction of sp³-hybridized carbons (Fsp3) is 0.261. The first-order chi connectivity index (χ1) is 16.9. The third kappa shape index (κ3) is 5.84. The molecule has 0 aliphatic carbocycles. The van der Waals surface area contributed by atoms with Gasteiger partial charge in [0.25, 0.3) is 0 Å². The van der Waals surface area contributed by atoms with E-state index in [4.69, 9.17) is 9.47 Å². The van der Waals surface area contributed by atoms with Crippen molar-refractivity contribution in [2.75, 3.05) is 32.6 Å². The summed E-state index contributed by atoms with van der Waals surface area (Å²) < 4.78 is 52.5. The number of rotatable bonds is 11. The number of aromatic nitrogens is 4. The third-order valence-corrected chi connectivity index (χ3v) is 6.74. The molecule has 0 saturated heterocycles. The first kappa shape index (κ1) is 24.4. The topological polar surface area (TPSA) is 120 Å². The molecule has 0 bridgehead atoms. The van der Waals surface area contributed by atoms with Gasteiger partial charge in [0, 0.05) is 19.5 Å². The molecule has 2 N–H and O–H groups in total. The molecule has 0 aliphatic heterocycles. The summed E-state index contributed by atoms with van der Waals surface area (Å²) in [4.78, 5) is -0.0101. The Hall–Kier alpha value is -3.77. The molecule has 4 aromatic rings. The summed E-state index contributed by atoms with van der Waals surface area (Å²) in [5, 5.41) is 16.0. The van der Waals surface area contributed by atoms with E-state index in [0.29, 0.717) is 35.3 Å². The second-order valence-corrected chi connectivity index (χ2v) is 9.34. The molecular formula is C23H25FN6O4S. The van der Waals surface area contributed by atoms with Crippen molar-refractivity contribution >= 4 is 21.5 Å². The predicted octanol–water partition coefficient (Wildman–Crippen LogP) is 2.46. The molecule has 2 heterocycles. The van der Waals surface area contributed by atoms with Gasteiger partial charge in [-0.05, 0) is 60.5 Å². The molecule has 0 spiro atoms. The molecule has 0 amide bonds. The summed E-state index contributed by atoms with van der Waals surface area (Å²) >= 11 is 0. The molecule has 10 nitrogen and oxygen atoms in total. The Balaban J connectivity index is 1.36. The number of nitrogens with one attached hydrogen (secondary N) is 2. The summed E-state index contributed by atoms with van der Waals surface area (Å²) in [7, 11) is -0.565. The Morgan fingerprint density at radius 2 is 1.69 bits per heavy atom. The minimum absolute atomic E-state index is 0.0101. The second-order valence-electron chi connectivity index (χ2n) is 7.57. The minimum atomic E-state index is -3.76. The van der Waals surface area contributed by atoms with Crippen LogP contribution in [0.25, 0.3) is 5.65 Å². The van der Waals surface area contributed by atoms with Gasteiger partial charge in [-0.2, -0.15) is 4.52 Å². The highest BCUT2D eigenvalue weighted by Gasteiger charge is 2.15. The van der Waals surface area contributed by atoms with Crippen LogP contribution in [-0.2, 0) is 22.9 Å². The maximum atomic E-state index is 13.1. The van der Waals surface area contributed by atoms with E-state index >= 15 is 0 Å². The van der Waals surface area contributed by atoms with Crippen LogP contribution in [0, 0.1) is 5.82 Å². The van der Waals surface area contributed by atoms with Crippen LogP contribution >= 0.6 is 0 Å². The molecule has 0 saturated carbocycles. The summed E-state index contributed by atoms with van der Waals surface area (Å²) in [6, 6.07) is 14.0. The van der Waals surface area contributed by atoms with Gasteiger partial charge in [0.2, 0.25) is 10.0 Å². The number of halogens is 1. The molecule has 0 atom stereocenters. The van der Waals surface area contributed by atoms with E-state index in [1.165, 1.54) is 12.1 Å². The molecule has 0 aliphatic rings. The van der Waals surface area contributed by atoms with Gasteiger partial charge in [-0.1, -0.05) is 6.07 Å². The highest BCUT2D eigenvalue weighted by atomic mass is 32.2. The Kier molecular flexibility index (Phi) is 7.42. The molecule has 0 fully saturated rings. The van der Waals surface area contributed by atoms with Crippen molar-refractivity contribution in [2.45, 2.75) is 17.7 Å². The van der Waals surface area contributed by atoms with Crippen LogP contribution in [0.1, 0.15) is 11.4 Å². The summed E-state index contributed by atoms with van der Waals surface area (Å²) in [5.41, 5.74) is 1.63. The van der Waals surface area contributed by atoms with E-state index in [1.807, 2.05) is 18.2 Å². The highest BCUT2D eigenvalue weighted by molar-refractivity contribution is 7.89. The Labute approximate surface area is 202 Å². The zero-order valence-electron chi connectivity index (χ0n) is 19.2. The van der Waals surface area contributed by atoms with E-state index in [1.54, 1.807) is 30.9 Å². The van der Waals surface area contributed by atoms with Crippen LogP contribution in [0.3, 0.4) is 0 Å². The van der Waals surface area contributed by atoms with Crippen LogP contribution in [0.2, 0.25) is 0 Å². The van der Waals surface area contributed by atoms with Crippen molar-refractivity contribution in [3.63, 3.8) is 0 Å². The SMILES string of the molecule is COc1ccc(CCNc2ccc3nnc(CCNS(=O)(=O)c4ccc(F)cc4)n3n2)cc1OC. The molecule has 4 rings (SSSR count). The minimum Gasteiger partial charge on any atom is -0.493 e. The molecule has 2 aromatic carbocycles. The number of sulfonamides is 1. The molecule has 2 aromatic heterocycles. The lowest BCUT2D eigenvalue weighted by atomic mass is 10.1. The van der Waals surface area contributed by atoms with Crippen LogP contribution < -0.4 is 19.5 Å². The fourth-order valence-corrected chi connectivity index (χ4v) is 4.48. The number of hydrogen-bond acceptors (Lipinski definition) is 8. The average molecular weight is 501 g/mol. The zero-order chi connectivity index (χ0) is 24.8. The summed E-state index contributed by atoms with van der Waals surface area (Å²) in [6.45, 7) is 0.710. The number of anilines is 1. The van der Waals surface area contributed by atoms with Crippen molar-refractivity contribution in [2.24, 2.45) is 0 Å². The van der Waals surface area contributed by atoms with Gasteiger partial charge in [0.15, 0.2) is 23.0 Å². The molecule has 0 unspecified atom stereocenters. The molecular weight excluding hydrogens is 475 g/mol. The Morgan fingerprint density at radius 3 is 2.43 bits per heavy atom. The molecule has 35 heavy (non-hydrogen) atoms. The van der Waals surface area contributed by atoms with Crippen molar-refractivity contribution < 1.29 is 22.3 Å². The summed E-state index contributed by atoms with van der Waals surface area (Å²) in [5.74, 6) is 1.99. The quantitative estimate of drug-likeness (QED) is 0.322. The number of fused-ring (bicyclic) bond motifs is 1. The predicted molar refractivity (Wildman–Crippen MR) is 128 cm³/mol. The van der Waals surface area contributed by atoms with Gasteiger partial charge in [0.1, 0.15) is 11.6 Å². The van der Waals surface area contributed by atoms with Crippen molar-refractivity contribution in [1.82, 2.24) is 24.5 Å². The first-order valence-electron chi connectivity index (χ1n) is 10.8. The smallest absolute Gasteiger partial charge is 0.240 e. The van der Waals surface area contributed by atoms with Crippen LogP contribution in [0.5, 0.6) is 11.5 Å². The van der Waals surface area contributed by atoms with E-state index in [0.717, 1.165) is 24.1 Å². The number of benzene rings is 2. The van der Waals surface area contributed by atoms with Crippen molar-refractivity contribution in [3.8, 4) is 11.5 Å². The standard InChI is InChI=1S/C23H25FN6O4S/c1-33-19-8-3-16(15-20(19)34-2)11-13-25-21-9-10-22-27-28-23(30(22)29-21)12-14-26-35(31,32)18-6-4-17(24)5-7-18/h3-10,15,26H,11-14H2,1-2H3,(H,25,29). The third-order valence-electron chi connectivity index (χ3n) is 5.26. The Morgan fingerprint density at radius 1 is 0.914 bits per heavy atom. The highest BCUT2D eigenvalue weighted by Crippen LogP contribution is 2.27. The van der Waals surface area contributed by atoms with Crippen LogP contribution in [0.15, 0.2) is 59.5 Å². The number of nitrogens with zero attached hydrogens (tertiary/aromatic N) is 4. The van der Waals surface area contributed by atoms with Gasteiger partial charge >= 0.3 is 0 Å². The molecule has 184 valence electrons. The molecule has 12 heteroatoms. The van der Waals surface area contributed by atoms with Crippen molar-refractivity contribution in [3.05, 3.63) is 71.8 Å². The van der Waals surface area contributed by atoms with Gasteiger partial charge in [-0.3, -0.25) is 0 Å². The van der Waals surface area contributed by atoms with Gasteiger partial charge in [-0.15, -0.1) is 15.3 Å². The molecule has 0 radical (unpaired) electrons. The number of hydrogen-bond donors (Lipinski definition) is 2. The maximum Gasteiger partial charge on any atom is 0.240 e. The Bertz CT molecular complexity index is 1410. The first-order valence-corrected chi connectivity index (χ1v) is 12.3. The number of methoxy groups -OCH3 is 2. The van der Waals surface area contributed by atoms with Crippen molar-refractivity contribution in [1.29, 1.82) is 0 Å². The van der Waals surface area contributed by atoms with E-state index < -0.39 is 15.8 Å². The lowest BCUT2D eigenvalue weighted by molar-refractivity contribution is 0.354. The van der Waals surface area contributed by atoms with E-state index in [2.05, 4.69) is 25.3 Å². The van der Waals surface area contributed by atoms with Gasteiger partial charge < -0.3 is 14.8 Å². The normalized spacial score (nSPS) is 11.5. The average Bonchev–Trinajstić information content (AvgIpc) is 3.26. The van der Waals surface area contributed by atoms with Crippen LogP contribution in [0.4, 0.5) is 10.2 Å². The lowest BCUT2D eigenvalue weighted by Crippen LogP contribution is -2.26. The second kappa shape index (κ2) is 10.7. The number of ether oxygens (including phenoxy) is 2. The maximum absolute atomic E-state index is 13.1. The van der Waals surface area contributed by atoms with E-state index in [9.17, 15) is 12.8 Å². The largest absolute Gasteiger partial charge is 0.493 e. The summed E-state index contributed by atoms with van der Waals surface area (Å²) in [6.07, 6.45) is 1.00. The van der Waals surface area contributed by atoms with Crippen LogP contribution in [-0.4, -0.2) is 55.5 Å². The van der Waals surface area contributed by atoms with Gasteiger partial charge in [0.05, 0.1) is 19.1 Å². The fourth-order valence-electron chi connectivity index (χ4n) is 3.45. The zero-order valence-corrected chi connectivity index (χ0v) is 20.0. The lowest BCUT2D eigenvalue weighted by Gasteiger charge is -2.10. The van der Waals surface area contributed by atoms with Gasteiger partial charge in [-0.25, -0.2) is 17.5 Å².